The number of piperidine rings is 1. The molecule has 0 aliphatic carbocycles. The third-order valence-corrected chi connectivity index (χ3v) is 6.38. The number of halogens is 1. The van der Waals surface area contributed by atoms with Crippen molar-refractivity contribution in [2.24, 2.45) is 0 Å². The Kier molecular flexibility index (Phi) is 5.60. The van der Waals surface area contributed by atoms with Crippen LogP contribution in [-0.4, -0.2) is 45.0 Å². The molecule has 168 valence electrons. The quantitative estimate of drug-likeness (QED) is 0.486. The van der Waals surface area contributed by atoms with E-state index < -0.39 is 0 Å². The van der Waals surface area contributed by atoms with Crippen LogP contribution >= 0.6 is 0 Å². The summed E-state index contributed by atoms with van der Waals surface area (Å²) in [4.78, 5) is 30.3. The molecule has 7 nitrogen and oxygen atoms in total. The van der Waals surface area contributed by atoms with Crippen LogP contribution in [0.3, 0.4) is 0 Å². The summed E-state index contributed by atoms with van der Waals surface area (Å²) in [6.45, 7) is 4.04. The van der Waals surface area contributed by atoms with E-state index >= 15 is 4.39 Å². The number of pyridine rings is 2. The molecule has 1 aliphatic rings. The lowest BCUT2D eigenvalue weighted by Crippen LogP contribution is -2.29. The van der Waals surface area contributed by atoms with Gasteiger partial charge in [-0.3, -0.25) is 4.79 Å². The number of benzene rings is 1. The predicted octanol–water partition coefficient (Wildman–Crippen LogP) is 4.38. The Morgan fingerprint density at radius 1 is 1.15 bits per heavy atom. The molecular formula is C25H25FN6O. The molecule has 5 rings (SSSR count). The van der Waals surface area contributed by atoms with Crippen LogP contribution in [0.5, 0.6) is 0 Å². The van der Waals surface area contributed by atoms with Gasteiger partial charge < -0.3 is 15.2 Å². The zero-order chi connectivity index (χ0) is 22.9. The normalized spacial score (nSPS) is 15.1. The first-order chi connectivity index (χ1) is 16.0. The molecule has 0 radical (unpaired) electrons. The summed E-state index contributed by atoms with van der Waals surface area (Å²) in [6, 6.07) is 7.04. The van der Waals surface area contributed by atoms with Gasteiger partial charge in [-0.1, -0.05) is 0 Å². The lowest BCUT2D eigenvalue weighted by Gasteiger charge is -2.30. The average Bonchev–Trinajstić information content (AvgIpc) is 2.82. The van der Waals surface area contributed by atoms with Gasteiger partial charge in [0.15, 0.2) is 0 Å². The van der Waals surface area contributed by atoms with Crippen LogP contribution in [0.25, 0.3) is 22.0 Å². The van der Waals surface area contributed by atoms with Crippen LogP contribution in [0.2, 0.25) is 0 Å². The standard InChI is InChI=1S/C25H25FN6O/c1-15-9-22(20(26)11-19(15)16-4-7-32(2)8-5-16)31-24-23-17(3-6-29-25(23)33)10-21(30-24)18-12-27-14-28-13-18/h3,6,9-14,16H,4-5,7-8H2,1-2H3,(H,29,33)(H,30,31). The van der Waals surface area contributed by atoms with Crippen molar-refractivity contribution in [2.75, 3.05) is 25.5 Å². The van der Waals surface area contributed by atoms with Gasteiger partial charge in [0.2, 0.25) is 0 Å². The third-order valence-electron chi connectivity index (χ3n) is 6.38. The lowest BCUT2D eigenvalue weighted by molar-refractivity contribution is 0.255. The van der Waals surface area contributed by atoms with Crippen LogP contribution in [0, 0.1) is 12.7 Å². The maximum Gasteiger partial charge on any atom is 0.259 e. The Hall–Kier alpha value is -3.65. The first-order valence-corrected chi connectivity index (χ1v) is 11.0. The van der Waals surface area contributed by atoms with Crippen LogP contribution in [-0.2, 0) is 0 Å². The van der Waals surface area contributed by atoms with Gasteiger partial charge in [-0.2, -0.15) is 0 Å². The number of likely N-dealkylation sites (tertiary alicyclic amines) is 1. The van der Waals surface area contributed by atoms with E-state index in [0.717, 1.165) is 37.1 Å². The minimum atomic E-state index is -0.356. The highest BCUT2D eigenvalue weighted by Gasteiger charge is 2.22. The van der Waals surface area contributed by atoms with Crippen LogP contribution in [0.4, 0.5) is 15.9 Å². The lowest BCUT2D eigenvalue weighted by atomic mass is 9.86. The molecule has 33 heavy (non-hydrogen) atoms. The maximum atomic E-state index is 15.3. The zero-order valence-electron chi connectivity index (χ0n) is 18.6. The van der Waals surface area contributed by atoms with E-state index in [4.69, 9.17) is 0 Å². The monoisotopic (exact) mass is 444 g/mol. The fourth-order valence-corrected chi connectivity index (χ4v) is 4.56. The molecule has 0 atom stereocenters. The summed E-state index contributed by atoms with van der Waals surface area (Å²) in [5.74, 6) is 0.289. The zero-order valence-corrected chi connectivity index (χ0v) is 18.6. The van der Waals surface area contributed by atoms with E-state index in [1.807, 2.05) is 13.0 Å². The van der Waals surface area contributed by atoms with Crippen molar-refractivity contribution < 1.29 is 4.39 Å². The van der Waals surface area contributed by atoms with E-state index in [2.05, 4.69) is 37.2 Å². The number of anilines is 2. The number of fused-ring (bicyclic) bond motifs is 1. The fraction of sp³-hybridized carbons (Fsp3) is 0.280. The van der Waals surface area contributed by atoms with Gasteiger partial charge in [0, 0.05) is 24.2 Å². The second kappa shape index (κ2) is 8.71. The molecule has 0 spiro atoms. The summed E-state index contributed by atoms with van der Waals surface area (Å²) in [6.07, 6.45) is 8.37. The fourth-order valence-electron chi connectivity index (χ4n) is 4.56. The highest BCUT2D eigenvalue weighted by atomic mass is 19.1. The molecule has 0 amide bonds. The van der Waals surface area contributed by atoms with Crippen LogP contribution < -0.4 is 10.9 Å². The van der Waals surface area contributed by atoms with Gasteiger partial charge in [0.1, 0.15) is 18.0 Å². The molecule has 8 heteroatoms. The van der Waals surface area contributed by atoms with Gasteiger partial charge in [-0.15, -0.1) is 0 Å². The van der Waals surface area contributed by atoms with Crippen molar-refractivity contribution in [1.82, 2.24) is 24.8 Å². The van der Waals surface area contributed by atoms with E-state index in [0.29, 0.717) is 39.5 Å². The Morgan fingerprint density at radius 3 is 2.67 bits per heavy atom. The number of aromatic amines is 1. The molecule has 1 aliphatic heterocycles. The maximum absolute atomic E-state index is 15.3. The highest BCUT2D eigenvalue weighted by molar-refractivity contribution is 5.95. The topological polar surface area (TPSA) is 86.8 Å². The Bertz CT molecular complexity index is 1360. The second-order valence-electron chi connectivity index (χ2n) is 8.65. The molecule has 3 aromatic heterocycles. The molecule has 0 bridgehead atoms. The summed E-state index contributed by atoms with van der Waals surface area (Å²) in [7, 11) is 2.12. The average molecular weight is 445 g/mol. The number of rotatable bonds is 4. The van der Waals surface area contributed by atoms with Gasteiger partial charge in [-0.25, -0.2) is 19.3 Å². The molecular weight excluding hydrogens is 419 g/mol. The SMILES string of the molecule is Cc1cc(Nc2nc(-c3cncnc3)cc3cc[nH]c(=O)c23)c(F)cc1C1CCN(C)CC1. The molecule has 1 saturated heterocycles. The first kappa shape index (κ1) is 21.2. The van der Waals surface area contributed by atoms with Crippen molar-refractivity contribution in [3.05, 3.63) is 76.5 Å². The summed E-state index contributed by atoms with van der Waals surface area (Å²) in [5.41, 5.74) is 3.38. The largest absolute Gasteiger partial charge is 0.337 e. The van der Waals surface area contributed by atoms with E-state index in [1.54, 1.807) is 36.8 Å². The molecule has 0 unspecified atom stereocenters. The number of hydrogen-bond acceptors (Lipinski definition) is 6. The number of aromatic nitrogens is 4. The summed E-state index contributed by atoms with van der Waals surface area (Å²) >= 11 is 0. The van der Waals surface area contributed by atoms with Crippen molar-refractivity contribution in [3.63, 3.8) is 0 Å². The Labute approximate surface area is 190 Å². The number of aryl methyl sites for hydroxylation is 1. The minimum absolute atomic E-state index is 0.290. The molecule has 2 N–H and O–H groups in total. The molecule has 1 aromatic carbocycles. The number of H-pyrrole nitrogens is 1. The summed E-state index contributed by atoms with van der Waals surface area (Å²) < 4.78 is 15.3. The van der Waals surface area contributed by atoms with Crippen LogP contribution in [0.15, 0.2) is 54.0 Å². The van der Waals surface area contributed by atoms with E-state index in [1.165, 1.54) is 6.33 Å². The molecule has 4 aromatic rings. The Balaban J connectivity index is 1.56. The molecule has 1 fully saturated rings. The van der Waals surface area contributed by atoms with Crippen molar-refractivity contribution >= 4 is 22.3 Å². The Morgan fingerprint density at radius 2 is 1.91 bits per heavy atom. The van der Waals surface area contributed by atoms with E-state index in [-0.39, 0.29) is 11.4 Å². The van der Waals surface area contributed by atoms with Crippen LogP contribution in [0.1, 0.15) is 29.9 Å². The van der Waals surface area contributed by atoms with Crippen molar-refractivity contribution in [1.29, 1.82) is 0 Å². The molecule has 0 saturated carbocycles. The van der Waals surface area contributed by atoms with Crippen molar-refractivity contribution in [2.45, 2.75) is 25.7 Å². The number of hydrogen-bond donors (Lipinski definition) is 2. The predicted molar refractivity (Wildman–Crippen MR) is 127 cm³/mol. The van der Waals surface area contributed by atoms with E-state index in [9.17, 15) is 4.79 Å². The highest BCUT2D eigenvalue weighted by Crippen LogP contribution is 2.34. The van der Waals surface area contributed by atoms with Gasteiger partial charge >= 0.3 is 0 Å². The third kappa shape index (κ3) is 4.21. The second-order valence-corrected chi connectivity index (χ2v) is 8.65. The minimum Gasteiger partial charge on any atom is -0.337 e. The van der Waals surface area contributed by atoms with Gasteiger partial charge in [0.25, 0.3) is 5.56 Å². The number of nitrogens with one attached hydrogen (secondary N) is 2. The van der Waals surface area contributed by atoms with Gasteiger partial charge in [0.05, 0.1) is 16.8 Å². The smallest absolute Gasteiger partial charge is 0.259 e. The van der Waals surface area contributed by atoms with Crippen molar-refractivity contribution in [3.8, 4) is 11.3 Å². The van der Waals surface area contributed by atoms with Gasteiger partial charge in [-0.05, 0) is 86.6 Å². The molecule has 4 heterocycles. The summed E-state index contributed by atoms with van der Waals surface area (Å²) in [5, 5.41) is 4.15. The number of nitrogens with zero attached hydrogens (tertiary/aromatic N) is 4. The first-order valence-electron chi connectivity index (χ1n) is 11.0.